The number of nitrogens with zero attached hydrogens (tertiary/aromatic N) is 1. The van der Waals surface area contributed by atoms with E-state index in [1.165, 1.54) is 12.2 Å². The van der Waals surface area contributed by atoms with Gasteiger partial charge in [-0.3, -0.25) is 14.4 Å². The van der Waals surface area contributed by atoms with Gasteiger partial charge in [0.05, 0.1) is 7.11 Å². The SMILES string of the molecule is CON(C)C(=O)C[C@H]1C[C@@H]1C(=O)c1ccccc1. The van der Waals surface area contributed by atoms with Crippen LogP contribution < -0.4 is 0 Å². The number of benzene rings is 1. The van der Waals surface area contributed by atoms with Gasteiger partial charge >= 0.3 is 0 Å². The minimum atomic E-state index is -0.0779. The van der Waals surface area contributed by atoms with Crippen molar-refractivity contribution in [2.45, 2.75) is 12.8 Å². The zero-order chi connectivity index (χ0) is 13.1. The van der Waals surface area contributed by atoms with Crippen molar-refractivity contribution < 1.29 is 14.4 Å². The molecule has 1 aliphatic carbocycles. The highest BCUT2D eigenvalue weighted by molar-refractivity contribution is 6.00. The van der Waals surface area contributed by atoms with Crippen LogP contribution in [-0.4, -0.2) is 30.9 Å². The van der Waals surface area contributed by atoms with Crippen molar-refractivity contribution in [2.24, 2.45) is 11.8 Å². The van der Waals surface area contributed by atoms with E-state index >= 15 is 0 Å². The summed E-state index contributed by atoms with van der Waals surface area (Å²) in [6.07, 6.45) is 1.19. The smallest absolute Gasteiger partial charge is 0.246 e. The molecule has 4 nitrogen and oxygen atoms in total. The number of amides is 1. The third-order valence-electron chi connectivity index (χ3n) is 3.38. The minimum absolute atomic E-state index is 0.00149. The molecule has 0 N–H and O–H groups in total. The Hall–Kier alpha value is -1.68. The summed E-state index contributed by atoms with van der Waals surface area (Å²) >= 11 is 0. The summed E-state index contributed by atoms with van der Waals surface area (Å²) in [5.74, 6) is 0.240. The Morgan fingerprint density at radius 3 is 2.61 bits per heavy atom. The van der Waals surface area contributed by atoms with Gasteiger partial charge in [-0.15, -0.1) is 0 Å². The fourth-order valence-electron chi connectivity index (χ4n) is 2.07. The number of hydroxylamine groups is 2. The Morgan fingerprint density at radius 1 is 1.33 bits per heavy atom. The average Bonchev–Trinajstić information content (AvgIpc) is 3.17. The Bertz CT molecular complexity index is 444. The number of ketones is 1. The van der Waals surface area contributed by atoms with E-state index in [-0.39, 0.29) is 23.5 Å². The van der Waals surface area contributed by atoms with Gasteiger partial charge < -0.3 is 0 Å². The van der Waals surface area contributed by atoms with Crippen molar-refractivity contribution in [3.63, 3.8) is 0 Å². The van der Waals surface area contributed by atoms with Crippen LogP contribution in [0, 0.1) is 11.8 Å². The largest absolute Gasteiger partial charge is 0.294 e. The molecule has 0 bridgehead atoms. The second-order valence-corrected chi connectivity index (χ2v) is 4.61. The predicted molar refractivity (Wildman–Crippen MR) is 66.8 cm³/mol. The van der Waals surface area contributed by atoms with E-state index in [1.807, 2.05) is 30.3 Å². The van der Waals surface area contributed by atoms with Gasteiger partial charge in [-0.1, -0.05) is 30.3 Å². The predicted octanol–water partition coefficient (Wildman–Crippen LogP) is 1.92. The molecule has 2 rings (SSSR count). The maximum Gasteiger partial charge on any atom is 0.246 e. The Morgan fingerprint density at radius 2 is 2.00 bits per heavy atom. The normalized spacial score (nSPS) is 21.4. The first-order valence-corrected chi connectivity index (χ1v) is 6.03. The van der Waals surface area contributed by atoms with Gasteiger partial charge in [0.15, 0.2) is 5.78 Å². The van der Waals surface area contributed by atoms with Crippen LogP contribution in [0.1, 0.15) is 23.2 Å². The van der Waals surface area contributed by atoms with Crippen LogP contribution in [0.4, 0.5) is 0 Å². The first-order valence-electron chi connectivity index (χ1n) is 6.03. The van der Waals surface area contributed by atoms with E-state index in [0.717, 1.165) is 12.0 Å². The van der Waals surface area contributed by atoms with Crippen molar-refractivity contribution >= 4 is 11.7 Å². The first-order chi connectivity index (χ1) is 8.63. The lowest BCUT2D eigenvalue weighted by atomic mass is 10.1. The van der Waals surface area contributed by atoms with Crippen molar-refractivity contribution in [1.82, 2.24) is 5.06 Å². The molecule has 0 heterocycles. The van der Waals surface area contributed by atoms with E-state index in [1.54, 1.807) is 7.05 Å². The molecule has 96 valence electrons. The van der Waals surface area contributed by atoms with E-state index in [4.69, 9.17) is 4.84 Å². The fourth-order valence-corrected chi connectivity index (χ4v) is 2.07. The van der Waals surface area contributed by atoms with Crippen LogP contribution in [0.15, 0.2) is 30.3 Å². The maximum atomic E-state index is 12.1. The van der Waals surface area contributed by atoms with Crippen LogP contribution in [0.5, 0.6) is 0 Å². The average molecular weight is 247 g/mol. The molecule has 1 aromatic rings. The van der Waals surface area contributed by atoms with Crippen LogP contribution >= 0.6 is 0 Å². The molecule has 0 unspecified atom stereocenters. The number of carbonyl (C=O) groups excluding carboxylic acids is 2. The highest BCUT2D eigenvalue weighted by Gasteiger charge is 2.44. The van der Waals surface area contributed by atoms with E-state index < -0.39 is 0 Å². The summed E-state index contributed by atoms with van der Waals surface area (Å²) in [5, 5.41) is 1.21. The molecule has 1 aliphatic rings. The summed E-state index contributed by atoms with van der Waals surface area (Å²) in [4.78, 5) is 28.5. The lowest BCUT2D eigenvalue weighted by Gasteiger charge is -2.12. The highest BCUT2D eigenvalue weighted by Crippen LogP contribution is 2.43. The summed E-state index contributed by atoms with van der Waals surface area (Å²) < 4.78 is 0. The van der Waals surface area contributed by atoms with Gasteiger partial charge in [0, 0.05) is 24.9 Å². The van der Waals surface area contributed by atoms with Crippen LogP contribution in [0.25, 0.3) is 0 Å². The Labute approximate surface area is 106 Å². The van der Waals surface area contributed by atoms with Crippen molar-refractivity contribution in [1.29, 1.82) is 0 Å². The number of rotatable bonds is 5. The molecule has 1 saturated carbocycles. The number of hydrogen-bond donors (Lipinski definition) is 0. The van der Waals surface area contributed by atoms with Gasteiger partial charge in [0.1, 0.15) is 0 Å². The van der Waals surface area contributed by atoms with Gasteiger partial charge in [0.2, 0.25) is 5.91 Å². The van der Waals surface area contributed by atoms with Crippen LogP contribution in [0.3, 0.4) is 0 Å². The molecule has 4 heteroatoms. The first kappa shape index (κ1) is 12.8. The molecule has 0 aromatic heterocycles. The minimum Gasteiger partial charge on any atom is -0.294 e. The summed E-state index contributed by atoms with van der Waals surface area (Å²) in [7, 11) is 3.04. The zero-order valence-electron chi connectivity index (χ0n) is 10.6. The number of Topliss-reactive ketones (excluding diaryl/α,β-unsaturated/α-hetero) is 1. The summed E-state index contributed by atoms with van der Waals surface area (Å²) in [6.45, 7) is 0. The molecule has 0 aliphatic heterocycles. The molecule has 0 radical (unpaired) electrons. The summed E-state index contributed by atoms with van der Waals surface area (Å²) in [5.41, 5.74) is 0.734. The molecular formula is C14H17NO3. The Kier molecular flexibility index (Phi) is 3.77. The topological polar surface area (TPSA) is 46.6 Å². The van der Waals surface area contributed by atoms with Gasteiger partial charge in [-0.05, 0) is 12.3 Å². The van der Waals surface area contributed by atoms with Crippen molar-refractivity contribution in [3.8, 4) is 0 Å². The van der Waals surface area contributed by atoms with Crippen LogP contribution in [0.2, 0.25) is 0 Å². The number of carbonyl (C=O) groups is 2. The molecular weight excluding hydrogens is 230 g/mol. The second-order valence-electron chi connectivity index (χ2n) is 4.61. The molecule has 2 atom stereocenters. The van der Waals surface area contributed by atoms with Gasteiger partial charge in [-0.2, -0.15) is 0 Å². The van der Waals surface area contributed by atoms with E-state index in [0.29, 0.717) is 6.42 Å². The second kappa shape index (κ2) is 5.31. The monoisotopic (exact) mass is 247 g/mol. The molecule has 0 saturated heterocycles. The Balaban J connectivity index is 1.88. The lowest BCUT2D eigenvalue weighted by molar-refractivity contribution is -0.169. The molecule has 0 spiro atoms. The van der Waals surface area contributed by atoms with Crippen molar-refractivity contribution in [2.75, 3.05) is 14.2 Å². The molecule has 1 amide bonds. The molecule has 18 heavy (non-hydrogen) atoms. The molecule has 1 fully saturated rings. The van der Waals surface area contributed by atoms with Gasteiger partial charge in [-0.25, -0.2) is 5.06 Å². The standard InChI is InChI=1S/C14H17NO3/c1-15(18-2)13(16)9-11-8-12(11)14(17)10-6-4-3-5-7-10/h3-7,11-12H,8-9H2,1-2H3/t11-,12+/m1/s1. The third-order valence-corrected chi connectivity index (χ3v) is 3.38. The molecule has 1 aromatic carbocycles. The van der Waals surface area contributed by atoms with E-state index in [2.05, 4.69) is 0 Å². The summed E-state index contributed by atoms with van der Waals surface area (Å²) in [6, 6.07) is 9.24. The fraction of sp³-hybridized carbons (Fsp3) is 0.429. The maximum absolute atomic E-state index is 12.1. The van der Waals surface area contributed by atoms with Crippen molar-refractivity contribution in [3.05, 3.63) is 35.9 Å². The zero-order valence-corrected chi connectivity index (χ0v) is 10.6. The quantitative estimate of drug-likeness (QED) is 0.590. The van der Waals surface area contributed by atoms with Gasteiger partial charge in [0.25, 0.3) is 0 Å². The van der Waals surface area contributed by atoms with E-state index in [9.17, 15) is 9.59 Å². The highest BCUT2D eigenvalue weighted by atomic mass is 16.7. The third kappa shape index (κ3) is 2.76. The van der Waals surface area contributed by atoms with Crippen LogP contribution in [-0.2, 0) is 9.63 Å². The lowest BCUT2D eigenvalue weighted by Crippen LogP contribution is -2.25. The number of hydrogen-bond acceptors (Lipinski definition) is 3.